The Bertz CT molecular complexity index is 1210. The predicted octanol–water partition coefficient (Wildman–Crippen LogP) is 5.15. The lowest BCUT2D eigenvalue weighted by Crippen LogP contribution is -2.28. The maximum Gasteiger partial charge on any atom is 0.319 e. The van der Waals surface area contributed by atoms with E-state index >= 15 is 0 Å². The number of ether oxygens (including phenoxy) is 1. The molecule has 0 aliphatic heterocycles. The zero-order chi connectivity index (χ0) is 21.3. The highest BCUT2D eigenvalue weighted by molar-refractivity contribution is 7.17. The number of imidazole rings is 1. The third kappa shape index (κ3) is 3.99. The van der Waals surface area contributed by atoms with Crippen LogP contribution in [0.2, 0.25) is 0 Å². The standard InChI is InChI=1S/C22H21FN4O2S/c1-13-4-9-19(29-3)17(10-13)25-21(28)24-11-20-14(2)27-12-18(26-22(27)30-20)15-5-7-16(23)8-6-15/h4-10,12H,11H2,1-3H3,(H2,24,25,28). The summed E-state index contributed by atoms with van der Waals surface area (Å²) in [5.74, 6) is 0.334. The number of fused-ring (bicyclic) bond motifs is 1. The van der Waals surface area contributed by atoms with Crippen molar-refractivity contribution >= 4 is 28.0 Å². The van der Waals surface area contributed by atoms with Crippen molar-refractivity contribution in [1.82, 2.24) is 14.7 Å². The summed E-state index contributed by atoms with van der Waals surface area (Å²) in [5.41, 5.74) is 4.30. The zero-order valence-electron chi connectivity index (χ0n) is 16.8. The smallest absolute Gasteiger partial charge is 0.319 e. The number of amides is 2. The van der Waals surface area contributed by atoms with E-state index in [1.165, 1.54) is 23.5 Å². The number of halogens is 1. The summed E-state index contributed by atoms with van der Waals surface area (Å²) in [6.45, 7) is 4.32. The molecule has 2 N–H and O–H groups in total. The largest absolute Gasteiger partial charge is 0.495 e. The van der Waals surface area contributed by atoms with Crippen LogP contribution in [0.3, 0.4) is 0 Å². The lowest BCUT2D eigenvalue weighted by molar-refractivity contribution is 0.251. The number of thiazole rings is 1. The Kier molecular flexibility index (Phi) is 5.41. The Hall–Kier alpha value is -3.39. The number of hydrogen-bond acceptors (Lipinski definition) is 4. The number of urea groups is 1. The highest BCUT2D eigenvalue weighted by atomic mass is 32.1. The van der Waals surface area contributed by atoms with Gasteiger partial charge in [-0.2, -0.15) is 0 Å². The fourth-order valence-electron chi connectivity index (χ4n) is 3.16. The second-order valence-corrected chi connectivity index (χ2v) is 7.97. The summed E-state index contributed by atoms with van der Waals surface area (Å²) in [4.78, 5) is 18.8. The number of carbonyl (C=O) groups excluding carboxylic acids is 1. The molecule has 0 radical (unpaired) electrons. The summed E-state index contributed by atoms with van der Waals surface area (Å²) >= 11 is 1.51. The van der Waals surface area contributed by atoms with E-state index in [0.29, 0.717) is 18.0 Å². The van der Waals surface area contributed by atoms with E-state index in [1.54, 1.807) is 19.2 Å². The molecule has 0 aliphatic carbocycles. The van der Waals surface area contributed by atoms with E-state index in [4.69, 9.17) is 4.74 Å². The predicted molar refractivity (Wildman–Crippen MR) is 117 cm³/mol. The van der Waals surface area contributed by atoms with Gasteiger partial charge >= 0.3 is 6.03 Å². The molecule has 0 aliphatic rings. The van der Waals surface area contributed by atoms with Crippen LogP contribution in [0.25, 0.3) is 16.2 Å². The number of nitrogens with zero attached hydrogens (tertiary/aromatic N) is 2. The van der Waals surface area contributed by atoms with Crippen LogP contribution >= 0.6 is 11.3 Å². The fourth-order valence-corrected chi connectivity index (χ4v) is 4.21. The number of aryl methyl sites for hydroxylation is 2. The lowest BCUT2D eigenvalue weighted by Gasteiger charge is -2.11. The molecule has 0 saturated heterocycles. The van der Waals surface area contributed by atoms with E-state index in [9.17, 15) is 9.18 Å². The van der Waals surface area contributed by atoms with E-state index in [-0.39, 0.29) is 11.8 Å². The van der Waals surface area contributed by atoms with Gasteiger partial charge in [-0.25, -0.2) is 14.2 Å². The molecule has 0 fully saturated rings. The second-order valence-electron chi connectivity index (χ2n) is 6.91. The Morgan fingerprint density at radius 2 is 1.97 bits per heavy atom. The molecule has 4 rings (SSSR count). The van der Waals surface area contributed by atoms with Crippen molar-refractivity contribution in [3.63, 3.8) is 0 Å². The molecule has 0 spiro atoms. The molecule has 154 valence electrons. The van der Waals surface area contributed by atoms with Crippen molar-refractivity contribution in [3.05, 3.63) is 70.6 Å². The number of hydrogen-bond donors (Lipinski definition) is 2. The first-order valence-electron chi connectivity index (χ1n) is 9.37. The van der Waals surface area contributed by atoms with Gasteiger partial charge < -0.3 is 15.4 Å². The van der Waals surface area contributed by atoms with Crippen LogP contribution in [0.5, 0.6) is 5.75 Å². The molecule has 2 aromatic carbocycles. The Balaban J connectivity index is 1.46. The number of methoxy groups -OCH3 is 1. The summed E-state index contributed by atoms with van der Waals surface area (Å²) in [6.07, 6.45) is 1.93. The van der Waals surface area contributed by atoms with Gasteiger partial charge in [-0.3, -0.25) is 4.40 Å². The van der Waals surface area contributed by atoms with E-state index < -0.39 is 0 Å². The molecule has 2 heterocycles. The highest BCUT2D eigenvalue weighted by Gasteiger charge is 2.14. The number of aromatic nitrogens is 2. The van der Waals surface area contributed by atoms with Gasteiger partial charge in [-0.15, -0.1) is 0 Å². The van der Waals surface area contributed by atoms with Crippen molar-refractivity contribution in [2.75, 3.05) is 12.4 Å². The monoisotopic (exact) mass is 424 g/mol. The van der Waals surface area contributed by atoms with Crippen LogP contribution in [0.1, 0.15) is 16.1 Å². The van der Waals surface area contributed by atoms with E-state index in [0.717, 1.165) is 32.4 Å². The van der Waals surface area contributed by atoms with Crippen LogP contribution in [-0.4, -0.2) is 22.5 Å². The minimum atomic E-state index is -0.309. The number of benzene rings is 2. The third-order valence-corrected chi connectivity index (χ3v) is 5.96. The molecule has 0 bridgehead atoms. The Labute approximate surface area is 177 Å². The van der Waals surface area contributed by atoms with Gasteiger partial charge in [-0.05, 0) is 55.8 Å². The van der Waals surface area contributed by atoms with Crippen LogP contribution in [0.4, 0.5) is 14.9 Å². The maximum absolute atomic E-state index is 13.1. The molecule has 6 nitrogen and oxygen atoms in total. The van der Waals surface area contributed by atoms with Gasteiger partial charge in [0.15, 0.2) is 4.96 Å². The van der Waals surface area contributed by atoms with Crippen LogP contribution in [0, 0.1) is 19.7 Å². The molecule has 8 heteroatoms. The summed E-state index contributed by atoms with van der Waals surface area (Å²) < 4.78 is 20.4. The molecule has 2 amide bonds. The van der Waals surface area contributed by atoms with Crippen molar-refractivity contribution in [3.8, 4) is 17.0 Å². The van der Waals surface area contributed by atoms with Crippen molar-refractivity contribution in [2.24, 2.45) is 0 Å². The Morgan fingerprint density at radius 1 is 1.20 bits per heavy atom. The topological polar surface area (TPSA) is 67.7 Å². The van der Waals surface area contributed by atoms with Crippen LogP contribution < -0.4 is 15.4 Å². The fraction of sp³-hybridized carbons (Fsp3) is 0.182. The molecule has 0 unspecified atom stereocenters. The zero-order valence-corrected chi connectivity index (χ0v) is 17.6. The van der Waals surface area contributed by atoms with Crippen LogP contribution in [0.15, 0.2) is 48.7 Å². The normalized spacial score (nSPS) is 10.9. The molecule has 2 aromatic heterocycles. The number of nitrogens with one attached hydrogen (secondary N) is 2. The third-order valence-electron chi connectivity index (χ3n) is 4.81. The van der Waals surface area contributed by atoms with Gasteiger partial charge in [0, 0.05) is 22.3 Å². The number of rotatable bonds is 5. The second kappa shape index (κ2) is 8.16. The van der Waals surface area contributed by atoms with E-state index in [2.05, 4.69) is 15.6 Å². The molecule has 30 heavy (non-hydrogen) atoms. The quantitative estimate of drug-likeness (QED) is 0.466. The molecular weight excluding hydrogens is 403 g/mol. The first kappa shape index (κ1) is 19.9. The van der Waals surface area contributed by atoms with Crippen molar-refractivity contribution in [1.29, 1.82) is 0 Å². The maximum atomic E-state index is 13.1. The minimum absolute atomic E-state index is 0.272. The number of anilines is 1. The van der Waals surface area contributed by atoms with Gasteiger partial charge in [0.25, 0.3) is 0 Å². The van der Waals surface area contributed by atoms with Gasteiger partial charge in [0.05, 0.1) is 25.0 Å². The van der Waals surface area contributed by atoms with E-state index in [1.807, 2.05) is 42.6 Å². The lowest BCUT2D eigenvalue weighted by atomic mass is 10.2. The highest BCUT2D eigenvalue weighted by Crippen LogP contribution is 2.28. The minimum Gasteiger partial charge on any atom is -0.495 e. The van der Waals surface area contributed by atoms with Gasteiger partial charge in [0.1, 0.15) is 11.6 Å². The molecule has 0 atom stereocenters. The van der Waals surface area contributed by atoms with Crippen LogP contribution in [-0.2, 0) is 6.54 Å². The summed E-state index contributed by atoms with van der Waals surface area (Å²) in [5, 5.41) is 5.72. The summed E-state index contributed by atoms with van der Waals surface area (Å²) in [7, 11) is 1.57. The van der Waals surface area contributed by atoms with Gasteiger partial charge in [-0.1, -0.05) is 17.4 Å². The molecule has 0 saturated carbocycles. The average molecular weight is 425 g/mol. The summed E-state index contributed by atoms with van der Waals surface area (Å²) in [6, 6.07) is 11.6. The SMILES string of the molecule is COc1ccc(C)cc1NC(=O)NCc1sc2nc(-c3ccc(F)cc3)cn2c1C. The van der Waals surface area contributed by atoms with Gasteiger partial charge in [0.2, 0.25) is 0 Å². The number of carbonyl (C=O) groups is 1. The van der Waals surface area contributed by atoms with Crippen molar-refractivity contribution in [2.45, 2.75) is 20.4 Å². The average Bonchev–Trinajstić information content (AvgIpc) is 3.26. The first-order chi connectivity index (χ1) is 14.4. The molecular formula is C22H21FN4O2S. The molecule has 4 aromatic rings. The van der Waals surface area contributed by atoms with Crippen molar-refractivity contribution < 1.29 is 13.9 Å². The first-order valence-corrected chi connectivity index (χ1v) is 10.2. The Morgan fingerprint density at radius 3 is 2.67 bits per heavy atom.